The summed E-state index contributed by atoms with van der Waals surface area (Å²) in [6, 6.07) is 20.3. The molecule has 4 rings (SSSR count). The van der Waals surface area contributed by atoms with Gasteiger partial charge in [0.25, 0.3) is 0 Å². The molecule has 4 nitrogen and oxygen atoms in total. The fraction of sp³-hybridized carbons (Fsp3) is 0.200. The first-order valence-corrected chi connectivity index (χ1v) is 9.99. The molecule has 29 heavy (non-hydrogen) atoms. The fourth-order valence-corrected chi connectivity index (χ4v) is 3.72. The van der Waals surface area contributed by atoms with Crippen molar-refractivity contribution in [2.24, 2.45) is 7.05 Å². The van der Waals surface area contributed by atoms with E-state index in [-0.39, 0.29) is 5.63 Å². The normalized spacial score (nSPS) is 11.6. The van der Waals surface area contributed by atoms with E-state index in [2.05, 4.69) is 53.6 Å². The molecule has 0 amide bonds. The lowest BCUT2D eigenvalue weighted by atomic mass is 10.1. The Balaban J connectivity index is 1.71. The molecular weight excluding hydrogens is 360 g/mol. The number of anilines is 1. The summed E-state index contributed by atoms with van der Waals surface area (Å²) in [6.07, 6.45) is 3.78. The van der Waals surface area contributed by atoms with Crippen LogP contribution < -0.4 is 15.1 Å². The third kappa shape index (κ3) is 3.66. The summed E-state index contributed by atoms with van der Waals surface area (Å²) >= 11 is 0. The quantitative estimate of drug-likeness (QED) is 0.366. The van der Waals surface area contributed by atoms with Gasteiger partial charge in [-0.25, -0.2) is 4.79 Å². The lowest BCUT2D eigenvalue weighted by Gasteiger charge is -2.20. The number of hydrogen-bond donors (Lipinski definition) is 0. The topological polar surface area (TPSA) is 37.3 Å². The van der Waals surface area contributed by atoms with Crippen LogP contribution in [-0.4, -0.2) is 13.1 Å². The maximum Gasteiger partial charge on any atom is 0.343 e. The highest BCUT2D eigenvalue weighted by molar-refractivity contribution is 5.83. The van der Waals surface area contributed by atoms with Gasteiger partial charge in [-0.15, -0.1) is 0 Å². The number of rotatable bonds is 5. The zero-order valence-electron chi connectivity index (χ0n) is 17.1. The molecule has 4 aromatic rings. The number of aromatic nitrogens is 1. The van der Waals surface area contributed by atoms with E-state index >= 15 is 0 Å². The molecule has 0 unspecified atom stereocenters. The third-order valence-electron chi connectivity index (χ3n) is 5.43. The molecule has 2 aromatic carbocycles. The standard InChI is InChI=1S/C25H25N2O2/c1-4-27(5-2)22-15-11-19-16-20(25(28)29-24(19)17-22)12-14-21-13-10-18-8-6-7-9-23(18)26(21)3/h6-17H,4-5H2,1-3H3/q+1. The van der Waals surface area contributed by atoms with Gasteiger partial charge in [0.2, 0.25) is 11.2 Å². The molecule has 0 spiro atoms. The number of fused-ring (bicyclic) bond motifs is 2. The van der Waals surface area contributed by atoms with Gasteiger partial charge in [-0.1, -0.05) is 12.1 Å². The molecule has 2 aromatic heterocycles. The van der Waals surface area contributed by atoms with Gasteiger partial charge in [0.15, 0.2) is 0 Å². The Morgan fingerprint density at radius 3 is 2.48 bits per heavy atom. The molecule has 0 fully saturated rings. The zero-order valence-corrected chi connectivity index (χ0v) is 17.1. The molecule has 0 N–H and O–H groups in total. The summed E-state index contributed by atoms with van der Waals surface area (Å²) in [6.45, 7) is 6.06. The van der Waals surface area contributed by atoms with E-state index < -0.39 is 0 Å². The second-order valence-electron chi connectivity index (χ2n) is 7.09. The Morgan fingerprint density at radius 1 is 0.931 bits per heavy atom. The van der Waals surface area contributed by atoms with Crippen LogP contribution in [0.3, 0.4) is 0 Å². The van der Waals surface area contributed by atoms with Crippen molar-refractivity contribution in [3.63, 3.8) is 0 Å². The summed E-state index contributed by atoms with van der Waals surface area (Å²) in [5, 5.41) is 2.10. The molecule has 0 radical (unpaired) electrons. The van der Waals surface area contributed by atoms with Gasteiger partial charge < -0.3 is 9.32 Å². The van der Waals surface area contributed by atoms with Crippen LogP contribution in [0.5, 0.6) is 0 Å². The van der Waals surface area contributed by atoms with E-state index in [4.69, 9.17) is 4.42 Å². The monoisotopic (exact) mass is 385 g/mol. The van der Waals surface area contributed by atoms with Crippen molar-refractivity contribution in [1.29, 1.82) is 0 Å². The minimum Gasteiger partial charge on any atom is -0.422 e. The SMILES string of the molecule is CCN(CC)c1ccc2cc(/C=C/c3ccc4ccccc4[n+]3C)c(=O)oc2c1. The van der Waals surface area contributed by atoms with Gasteiger partial charge in [-0.3, -0.25) is 0 Å². The Labute approximate surface area is 170 Å². The number of benzene rings is 2. The van der Waals surface area contributed by atoms with Crippen LogP contribution in [0, 0.1) is 0 Å². The predicted octanol–water partition coefficient (Wildman–Crippen LogP) is 4.79. The molecule has 0 bridgehead atoms. The summed E-state index contributed by atoms with van der Waals surface area (Å²) in [5.41, 5.74) is 4.06. The molecule has 0 aliphatic heterocycles. The number of pyridine rings is 1. The second kappa shape index (κ2) is 7.92. The smallest absolute Gasteiger partial charge is 0.343 e. The summed E-state index contributed by atoms with van der Waals surface area (Å²) in [7, 11) is 2.03. The largest absolute Gasteiger partial charge is 0.422 e. The van der Waals surface area contributed by atoms with Gasteiger partial charge in [-0.2, -0.15) is 4.57 Å². The fourth-order valence-electron chi connectivity index (χ4n) is 3.72. The average Bonchev–Trinajstić information content (AvgIpc) is 2.74. The van der Waals surface area contributed by atoms with E-state index in [1.165, 1.54) is 5.39 Å². The highest BCUT2D eigenvalue weighted by Crippen LogP contribution is 2.22. The maximum atomic E-state index is 12.5. The maximum absolute atomic E-state index is 12.5. The Hall–Kier alpha value is -3.40. The third-order valence-corrected chi connectivity index (χ3v) is 5.43. The number of hydrogen-bond acceptors (Lipinski definition) is 3. The van der Waals surface area contributed by atoms with Gasteiger partial charge in [-0.05, 0) is 50.3 Å². The molecule has 0 aliphatic carbocycles. The zero-order chi connectivity index (χ0) is 20.4. The minimum atomic E-state index is -0.325. The van der Waals surface area contributed by atoms with Crippen molar-refractivity contribution in [3.05, 3.63) is 82.3 Å². The molecule has 0 atom stereocenters. The summed E-state index contributed by atoms with van der Waals surface area (Å²) in [5.74, 6) is 0. The first-order valence-electron chi connectivity index (χ1n) is 9.99. The highest BCUT2D eigenvalue weighted by Gasteiger charge is 2.10. The first kappa shape index (κ1) is 18.9. The minimum absolute atomic E-state index is 0.325. The Bertz CT molecular complexity index is 1270. The van der Waals surface area contributed by atoms with Crippen LogP contribution in [0.25, 0.3) is 34.0 Å². The molecule has 4 heteroatoms. The van der Waals surface area contributed by atoms with E-state index in [0.29, 0.717) is 11.1 Å². The Morgan fingerprint density at radius 2 is 1.69 bits per heavy atom. The predicted molar refractivity (Wildman–Crippen MR) is 120 cm³/mol. The number of aryl methyl sites for hydroxylation is 1. The van der Waals surface area contributed by atoms with Crippen LogP contribution >= 0.6 is 0 Å². The van der Waals surface area contributed by atoms with Crippen molar-refractivity contribution in [1.82, 2.24) is 0 Å². The van der Waals surface area contributed by atoms with Crippen LogP contribution in [-0.2, 0) is 7.05 Å². The summed E-state index contributed by atoms with van der Waals surface area (Å²) in [4.78, 5) is 14.8. The lowest BCUT2D eigenvalue weighted by Crippen LogP contribution is -2.32. The van der Waals surface area contributed by atoms with Gasteiger partial charge in [0.1, 0.15) is 12.6 Å². The van der Waals surface area contributed by atoms with Crippen molar-refractivity contribution in [2.75, 3.05) is 18.0 Å². The van der Waals surface area contributed by atoms with Gasteiger partial charge >= 0.3 is 5.63 Å². The molecule has 2 heterocycles. The van der Waals surface area contributed by atoms with Gasteiger partial charge in [0, 0.05) is 53.8 Å². The molecule has 0 saturated heterocycles. The van der Waals surface area contributed by atoms with Gasteiger partial charge in [0.05, 0.1) is 5.56 Å². The van der Waals surface area contributed by atoms with E-state index in [1.54, 1.807) is 0 Å². The number of nitrogens with zero attached hydrogens (tertiary/aromatic N) is 2. The van der Waals surface area contributed by atoms with Crippen LogP contribution in [0.1, 0.15) is 25.1 Å². The van der Waals surface area contributed by atoms with Crippen molar-refractivity contribution >= 4 is 39.7 Å². The van der Waals surface area contributed by atoms with Crippen molar-refractivity contribution in [3.8, 4) is 0 Å². The Kier molecular flexibility index (Phi) is 5.17. The van der Waals surface area contributed by atoms with E-state index in [1.807, 2.05) is 49.5 Å². The highest BCUT2D eigenvalue weighted by atomic mass is 16.4. The lowest BCUT2D eigenvalue weighted by molar-refractivity contribution is -0.646. The second-order valence-corrected chi connectivity index (χ2v) is 7.09. The molecule has 146 valence electrons. The van der Waals surface area contributed by atoms with Crippen LogP contribution in [0.2, 0.25) is 0 Å². The van der Waals surface area contributed by atoms with Crippen molar-refractivity contribution in [2.45, 2.75) is 13.8 Å². The molecule has 0 aliphatic rings. The van der Waals surface area contributed by atoms with E-state index in [0.717, 1.165) is 35.4 Å². The first-order chi connectivity index (χ1) is 14.1. The van der Waals surface area contributed by atoms with Crippen LogP contribution in [0.15, 0.2) is 69.9 Å². The molecular formula is C25H25N2O2+. The van der Waals surface area contributed by atoms with Crippen LogP contribution in [0.4, 0.5) is 5.69 Å². The summed E-state index contributed by atoms with van der Waals surface area (Å²) < 4.78 is 7.74. The number of para-hydroxylation sites is 1. The van der Waals surface area contributed by atoms with E-state index in [9.17, 15) is 4.79 Å². The average molecular weight is 385 g/mol. The van der Waals surface area contributed by atoms with Crippen molar-refractivity contribution < 1.29 is 8.98 Å². The molecule has 0 saturated carbocycles.